The Hall–Kier alpha value is -1.81. The molecule has 0 atom stereocenters. The predicted molar refractivity (Wildman–Crippen MR) is 88.6 cm³/mol. The van der Waals surface area contributed by atoms with Crippen LogP contribution in [0.1, 0.15) is 17.5 Å². The molecule has 0 aliphatic carbocycles. The normalized spacial score (nSPS) is 10.4. The third-order valence-corrected chi connectivity index (χ3v) is 3.80. The highest BCUT2D eigenvalue weighted by molar-refractivity contribution is 9.10. The molecule has 0 radical (unpaired) electrons. The third kappa shape index (κ3) is 4.60. The van der Waals surface area contributed by atoms with Gasteiger partial charge in [0, 0.05) is 28.6 Å². The number of ketones is 1. The van der Waals surface area contributed by atoms with Gasteiger partial charge in [0.05, 0.1) is 7.11 Å². The second kappa shape index (κ2) is 7.27. The standard InChI is InChI=1S/C17H18BrNO2/c1-21-17-9-5-14(18)10-13(17)11-16(20)8-4-12-2-6-15(19)7-3-12/h2-3,5-7,9-10H,4,8,11,19H2,1H3. The number of hydrogen-bond acceptors (Lipinski definition) is 3. The van der Waals surface area contributed by atoms with Gasteiger partial charge in [-0.15, -0.1) is 0 Å². The molecule has 0 aromatic heterocycles. The van der Waals surface area contributed by atoms with Crippen LogP contribution in [0.5, 0.6) is 5.75 Å². The summed E-state index contributed by atoms with van der Waals surface area (Å²) < 4.78 is 6.24. The molecule has 0 heterocycles. The maximum Gasteiger partial charge on any atom is 0.137 e. The Bertz CT molecular complexity index is 623. The van der Waals surface area contributed by atoms with E-state index in [2.05, 4.69) is 15.9 Å². The largest absolute Gasteiger partial charge is 0.496 e. The van der Waals surface area contributed by atoms with E-state index < -0.39 is 0 Å². The minimum Gasteiger partial charge on any atom is -0.496 e. The van der Waals surface area contributed by atoms with Crippen molar-refractivity contribution in [3.05, 3.63) is 58.1 Å². The Morgan fingerprint density at radius 2 is 1.90 bits per heavy atom. The molecule has 0 saturated heterocycles. The topological polar surface area (TPSA) is 52.3 Å². The maximum absolute atomic E-state index is 12.1. The number of nitrogen functional groups attached to an aromatic ring is 1. The summed E-state index contributed by atoms with van der Waals surface area (Å²) in [5.74, 6) is 0.947. The Balaban J connectivity index is 1.95. The van der Waals surface area contributed by atoms with Gasteiger partial charge in [-0.3, -0.25) is 4.79 Å². The van der Waals surface area contributed by atoms with Crippen LogP contribution in [0.3, 0.4) is 0 Å². The molecule has 0 fully saturated rings. The van der Waals surface area contributed by atoms with Crippen LogP contribution >= 0.6 is 15.9 Å². The lowest BCUT2D eigenvalue weighted by Crippen LogP contribution is -2.06. The number of benzene rings is 2. The van der Waals surface area contributed by atoms with E-state index in [0.717, 1.165) is 33.5 Å². The fraction of sp³-hybridized carbons (Fsp3) is 0.235. The summed E-state index contributed by atoms with van der Waals surface area (Å²) in [7, 11) is 1.62. The molecule has 0 amide bonds. The van der Waals surface area contributed by atoms with Gasteiger partial charge in [-0.25, -0.2) is 0 Å². The van der Waals surface area contributed by atoms with Gasteiger partial charge in [-0.05, 0) is 42.3 Å². The van der Waals surface area contributed by atoms with Gasteiger partial charge < -0.3 is 10.5 Å². The summed E-state index contributed by atoms with van der Waals surface area (Å²) in [4.78, 5) is 12.1. The highest BCUT2D eigenvalue weighted by atomic mass is 79.9. The lowest BCUT2D eigenvalue weighted by atomic mass is 10.0. The van der Waals surface area contributed by atoms with Crippen LogP contribution in [-0.2, 0) is 17.6 Å². The number of rotatable bonds is 6. The summed E-state index contributed by atoms with van der Waals surface area (Å²) in [6.07, 6.45) is 1.63. The fourth-order valence-corrected chi connectivity index (χ4v) is 2.56. The first-order valence-electron chi connectivity index (χ1n) is 6.77. The molecule has 0 bridgehead atoms. The number of Topliss-reactive ketones (excluding diaryl/α,β-unsaturated/α-hetero) is 1. The van der Waals surface area contributed by atoms with Gasteiger partial charge >= 0.3 is 0 Å². The van der Waals surface area contributed by atoms with Crippen LogP contribution in [-0.4, -0.2) is 12.9 Å². The van der Waals surface area contributed by atoms with Crippen molar-refractivity contribution in [2.75, 3.05) is 12.8 Å². The molecule has 0 unspecified atom stereocenters. The van der Waals surface area contributed by atoms with E-state index >= 15 is 0 Å². The molecular formula is C17H18BrNO2. The Kier molecular flexibility index (Phi) is 5.39. The van der Waals surface area contributed by atoms with Crippen molar-refractivity contribution < 1.29 is 9.53 Å². The van der Waals surface area contributed by atoms with E-state index in [1.54, 1.807) is 7.11 Å². The van der Waals surface area contributed by atoms with Gasteiger partial charge in [-0.1, -0.05) is 28.1 Å². The number of hydrogen-bond donors (Lipinski definition) is 1. The first-order valence-corrected chi connectivity index (χ1v) is 7.56. The van der Waals surface area contributed by atoms with Crippen LogP contribution in [0, 0.1) is 0 Å². The zero-order chi connectivity index (χ0) is 15.2. The zero-order valence-corrected chi connectivity index (χ0v) is 13.5. The van der Waals surface area contributed by atoms with Gasteiger partial charge in [0.15, 0.2) is 0 Å². The van der Waals surface area contributed by atoms with Crippen molar-refractivity contribution in [3.63, 3.8) is 0 Å². The lowest BCUT2D eigenvalue weighted by molar-refractivity contribution is -0.118. The van der Waals surface area contributed by atoms with E-state index in [4.69, 9.17) is 10.5 Å². The Morgan fingerprint density at radius 3 is 2.57 bits per heavy atom. The van der Waals surface area contributed by atoms with Crippen LogP contribution in [0.4, 0.5) is 5.69 Å². The number of aryl methyl sites for hydroxylation is 1. The SMILES string of the molecule is COc1ccc(Br)cc1CC(=O)CCc1ccc(N)cc1. The molecule has 2 aromatic carbocycles. The molecule has 0 aliphatic rings. The Labute approximate surface area is 133 Å². The smallest absolute Gasteiger partial charge is 0.137 e. The van der Waals surface area contributed by atoms with Crippen molar-refractivity contribution in [2.24, 2.45) is 0 Å². The minimum atomic E-state index is 0.197. The molecule has 110 valence electrons. The molecule has 0 aliphatic heterocycles. The van der Waals surface area contributed by atoms with E-state index in [0.29, 0.717) is 12.8 Å². The highest BCUT2D eigenvalue weighted by Crippen LogP contribution is 2.24. The molecule has 0 saturated carbocycles. The second-order valence-corrected chi connectivity index (χ2v) is 5.83. The summed E-state index contributed by atoms with van der Waals surface area (Å²) in [6, 6.07) is 13.3. The van der Waals surface area contributed by atoms with E-state index in [-0.39, 0.29) is 5.78 Å². The quantitative estimate of drug-likeness (QED) is 0.809. The van der Waals surface area contributed by atoms with E-state index in [1.165, 1.54) is 0 Å². The lowest BCUT2D eigenvalue weighted by Gasteiger charge is -2.08. The first-order chi connectivity index (χ1) is 10.1. The van der Waals surface area contributed by atoms with Crippen molar-refractivity contribution in [1.82, 2.24) is 0 Å². The average molecular weight is 348 g/mol. The maximum atomic E-state index is 12.1. The van der Waals surface area contributed by atoms with Gasteiger partial charge in [-0.2, -0.15) is 0 Å². The number of ether oxygens (including phenoxy) is 1. The molecule has 3 nitrogen and oxygen atoms in total. The molecule has 2 aromatic rings. The van der Waals surface area contributed by atoms with Crippen LogP contribution in [0.25, 0.3) is 0 Å². The van der Waals surface area contributed by atoms with Crippen LogP contribution in [0.2, 0.25) is 0 Å². The number of halogens is 1. The minimum absolute atomic E-state index is 0.197. The number of anilines is 1. The molecule has 4 heteroatoms. The number of carbonyl (C=O) groups excluding carboxylic acids is 1. The predicted octanol–water partition coefficient (Wildman–Crippen LogP) is 3.78. The first kappa shape index (κ1) is 15.6. The molecular weight excluding hydrogens is 330 g/mol. The zero-order valence-electron chi connectivity index (χ0n) is 11.9. The van der Waals surface area contributed by atoms with E-state index in [9.17, 15) is 4.79 Å². The monoisotopic (exact) mass is 347 g/mol. The van der Waals surface area contributed by atoms with Gasteiger partial charge in [0.25, 0.3) is 0 Å². The summed E-state index contributed by atoms with van der Waals surface area (Å²) in [5, 5.41) is 0. The number of carbonyl (C=O) groups is 1. The molecule has 2 rings (SSSR count). The number of nitrogens with two attached hydrogens (primary N) is 1. The van der Waals surface area contributed by atoms with Gasteiger partial charge in [0.2, 0.25) is 0 Å². The second-order valence-electron chi connectivity index (χ2n) is 4.91. The van der Waals surface area contributed by atoms with E-state index in [1.807, 2.05) is 42.5 Å². The van der Waals surface area contributed by atoms with Crippen LogP contribution in [0.15, 0.2) is 46.9 Å². The molecule has 21 heavy (non-hydrogen) atoms. The summed E-state index contributed by atoms with van der Waals surface area (Å²) >= 11 is 3.42. The Morgan fingerprint density at radius 1 is 1.19 bits per heavy atom. The van der Waals surface area contributed by atoms with Crippen molar-refractivity contribution >= 4 is 27.4 Å². The molecule has 0 spiro atoms. The highest BCUT2D eigenvalue weighted by Gasteiger charge is 2.09. The third-order valence-electron chi connectivity index (χ3n) is 3.30. The van der Waals surface area contributed by atoms with Crippen molar-refractivity contribution in [3.8, 4) is 5.75 Å². The summed E-state index contributed by atoms with van der Waals surface area (Å²) in [6.45, 7) is 0. The van der Waals surface area contributed by atoms with Crippen molar-refractivity contribution in [1.29, 1.82) is 0 Å². The van der Waals surface area contributed by atoms with Crippen molar-refractivity contribution in [2.45, 2.75) is 19.3 Å². The number of methoxy groups -OCH3 is 1. The fourth-order valence-electron chi connectivity index (χ4n) is 2.15. The molecule has 2 N–H and O–H groups in total. The average Bonchev–Trinajstić information content (AvgIpc) is 2.47. The van der Waals surface area contributed by atoms with Crippen LogP contribution < -0.4 is 10.5 Å². The summed E-state index contributed by atoms with van der Waals surface area (Å²) in [5.41, 5.74) is 8.42. The van der Waals surface area contributed by atoms with Gasteiger partial charge in [0.1, 0.15) is 11.5 Å².